The van der Waals surface area contributed by atoms with E-state index in [-0.39, 0.29) is 35.7 Å². The number of halogens is 1. The summed E-state index contributed by atoms with van der Waals surface area (Å²) in [6.07, 6.45) is 0. The second-order valence-corrected chi connectivity index (χ2v) is 10.6. The van der Waals surface area contributed by atoms with Crippen molar-refractivity contribution in [2.24, 2.45) is 0 Å². The van der Waals surface area contributed by atoms with Crippen molar-refractivity contribution in [3.05, 3.63) is 136 Å². The Balaban J connectivity index is 1.44. The van der Waals surface area contributed by atoms with E-state index in [4.69, 9.17) is 9.47 Å². The summed E-state index contributed by atoms with van der Waals surface area (Å²) in [6, 6.07) is 24.9. The molecule has 0 aliphatic rings. The van der Waals surface area contributed by atoms with Crippen molar-refractivity contribution in [2.45, 2.75) is 33.0 Å². The highest BCUT2D eigenvalue weighted by molar-refractivity contribution is 5.99. The molecule has 2 amide bonds. The molecular weight excluding hydrogens is 607 g/mol. The lowest BCUT2D eigenvalue weighted by Crippen LogP contribution is -2.45. The number of benzene rings is 4. The minimum absolute atomic E-state index is 0.0146. The Morgan fingerprint density at radius 3 is 2.21 bits per heavy atom. The number of carbonyl (C=O) groups is 3. The summed E-state index contributed by atoms with van der Waals surface area (Å²) in [7, 11) is 1.39. The van der Waals surface area contributed by atoms with E-state index in [9.17, 15) is 19.2 Å². The number of esters is 1. The summed E-state index contributed by atoms with van der Waals surface area (Å²) in [5.74, 6) is -2.06. The summed E-state index contributed by atoms with van der Waals surface area (Å²) >= 11 is 0. The lowest BCUT2D eigenvalue weighted by atomic mass is 10.1. The number of nitrogens with zero attached hydrogens (tertiary/aromatic N) is 5. The highest BCUT2D eigenvalue weighted by Crippen LogP contribution is 2.28. The molecular formula is C34H31FN6O6. The van der Waals surface area contributed by atoms with E-state index in [1.165, 1.54) is 42.3 Å². The summed E-state index contributed by atoms with van der Waals surface area (Å²) in [5.41, 5.74) is 0.109. The second-order valence-electron chi connectivity index (χ2n) is 10.6. The maximum atomic E-state index is 15.2. The summed E-state index contributed by atoms with van der Waals surface area (Å²) < 4.78 is 27.1. The van der Waals surface area contributed by atoms with Crippen molar-refractivity contribution in [1.29, 1.82) is 0 Å². The smallest absolute Gasteiger partial charge is 0.377 e. The van der Waals surface area contributed by atoms with Gasteiger partial charge in [0.15, 0.2) is 0 Å². The zero-order valence-electron chi connectivity index (χ0n) is 25.8. The SMILES string of the molecule is COc1ccc(N(C(=O)n2nnn(-c3c(F)cccc3C(=O)NCc3ccccc3)c2=O)C(C)C)cc1C(=O)OCc1ccccc1. The molecule has 0 saturated carbocycles. The van der Waals surface area contributed by atoms with Gasteiger partial charge in [-0.05, 0) is 65.7 Å². The van der Waals surface area contributed by atoms with Crippen LogP contribution in [0.3, 0.4) is 0 Å². The van der Waals surface area contributed by atoms with Gasteiger partial charge < -0.3 is 14.8 Å². The third kappa shape index (κ3) is 7.09. The number of nitrogens with one attached hydrogen (secondary N) is 1. The zero-order valence-corrected chi connectivity index (χ0v) is 25.8. The van der Waals surface area contributed by atoms with E-state index in [0.29, 0.717) is 9.36 Å². The molecule has 0 aliphatic heterocycles. The Bertz CT molecular complexity index is 1960. The van der Waals surface area contributed by atoms with Crippen LogP contribution in [0, 0.1) is 5.82 Å². The van der Waals surface area contributed by atoms with Crippen molar-refractivity contribution in [2.75, 3.05) is 12.0 Å². The van der Waals surface area contributed by atoms with Crippen LogP contribution >= 0.6 is 0 Å². The van der Waals surface area contributed by atoms with Crippen molar-refractivity contribution < 1.29 is 28.2 Å². The Morgan fingerprint density at radius 1 is 0.872 bits per heavy atom. The van der Waals surface area contributed by atoms with Crippen LogP contribution in [-0.2, 0) is 17.9 Å². The average Bonchev–Trinajstić information content (AvgIpc) is 3.47. The lowest BCUT2D eigenvalue weighted by molar-refractivity contribution is 0.0469. The molecule has 12 nitrogen and oxygen atoms in total. The van der Waals surface area contributed by atoms with E-state index >= 15 is 4.39 Å². The number of carbonyl (C=O) groups excluding carboxylic acids is 3. The number of hydrogen-bond donors (Lipinski definition) is 1. The predicted octanol–water partition coefficient (Wildman–Crippen LogP) is 4.75. The molecule has 0 atom stereocenters. The largest absolute Gasteiger partial charge is 0.496 e. The zero-order chi connectivity index (χ0) is 33.5. The third-order valence-corrected chi connectivity index (χ3v) is 7.12. The molecule has 13 heteroatoms. The van der Waals surface area contributed by atoms with E-state index in [2.05, 4.69) is 15.7 Å². The van der Waals surface area contributed by atoms with Gasteiger partial charge in [0.25, 0.3) is 5.91 Å². The minimum Gasteiger partial charge on any atom is -0.496 e. The monoisotopic (exact) mass is 638 g/mol. The van der Waals surface area contributed by atoms with Crippen molar-refractivity contribution >= 4 is 23.6 Å². The number of anilines is 1. The highest BCUT2D eigenvalue weighted by atomic mass is 19.1. The maximum absolute atomic E-state index is 15.2. The van der Waals surface area contributed by atoms with E-state index in [0.717, 1.165) is 17.2 Å². The Kier molecular flexibility index (Phi) is 9.84. The first-order valence-electron chi connectivity index (χ1n) is 14.6. The Labute approximate surface area is 268 Å². The van der Waals surface area contributed by atoms with Gasteiger partial charge in [0.2, 0.25) is 0 Å². The van der Waals surface area contributed by atoms with Crippen molar-refractivity contribution in [3.8, 4) is 11.4 Å². The van der Waals surface area contributed by atoms with Gasteiger partial charge in [-0.1, -0.05) is 66.7 Å². The van der Waals surface area contributed by atoms with Crippen LogP contribution in [0.5, 0.6) is 5.75 Å². The molecule has 0 fully saturated rings. The number of tetrazole rings is 1. The standard InChI is InChI=1S/C34H31FN6O6/c1-22(2)39(25-17-18-29(46-3)27(19-25)32(43)47-21-24-13-8-5-9-14-24)33(44)41-34(45)40(37-38-41)30-26(15-10-16-28(30)35)31(42)36-20-23-11-6-4-7-12-23/h4-19,22H,20-21H2,1-3H3,(H,36,42). The molecule has 0 aliphatic carbocycles. The molecule has 0 unspecified atom stereocenters. The first kappa shape index (κ1) is 32.3. The summed E-state index contributed by atoms with van der Waals surface area (Å²) in [6.45, 7) is 3.55. The van der Waals surface area contributed by atoms with Crippen molar-refractivity contribution in [1.82, 2.24) is 25.1 Å². The maximum Gasteiger partial charge on any atom is 0.377 e. The van der Waals surface area contributed by atoms with Gasteiger partial charge in [0, 0.05) is 18.3 Å². The fourth-order valence-electron chi connectivity index (χ4n) is 4.83. The number of hydrogen-bond acceptors (Lipinski definition) is 8. The molecule has 1 heterocycles. The quantitative estimate of drug-likeness (QED) is 0.171. The molecule has 47 heavy (non-hydrogen) atoms. The molecule has 5 aromatic rings. The van der Waals surface area contributed by atoms with E-state index in [1.807, 2.05) is 60.7 Å². The lowest BCUT2D eigenvalue weighted by Gasteiger charge is -2.26. The van der Waals surface area contributed by atoms with Crippen LogP contribution in [-0.4, -0.2) is 50.8 Å². The number of rotatable bonds is 10. The van der Waals surface area contributed by atoms with Crippen LogP contribution in [0.2, 0.25) is 0 Å². The predicted molar refractivity (Wildman–Crippen MR) is 170 cm³/mol. The van der Waals surface area contributed by atoms with Gasteiger partial charge in [-0.3, -0.25) is 9.69 Å². The van der Waals surface area contributed by atoms with Crippen LogP contribution < -0.4 is 20.6 Å². The molecule has 4 aromatic carbocycles. The third-order valence-electron chi connectivity index (χ3n) is 7.12. The number of ether oxygens (including phenoxy) is 2. The normalized spacial score (nSPS) is 10.8. The van der Waals surface area contributed by atoms with Crippen LogP contribution in [0.15, 0.2) is 102 Å². The van der Waals surface area contributed by atoms with Crippen molar-refractivity contribution in [3.63, 3.8) is 0 Å². The number of amides is 2. The first-order chi connectivity index (χ1) is 22.7. The van der Waals surface area contributed by atoms with E-state index < -0.39 is 41.1 Å². The average molecular weight is 639 g/mol. The van der Waals surface area contributed by atoms with Crippen LogP contribution in [0.25, 0.3) is 5.69 Å². The molecule has 0 bridgehead atoms. The minimum atomic E-state index is -1.11. The molecule has 240 valence electrons. The van der Waals surface area contributed by atoms with Gasteiger partial charge in [-0.25, -0.2) is 18.8 Å². The Morgan fingerprint density at radius 2 is 1.55 bits per heavy atom. The summed E-state index contributed by atoms with van der Waals surface area (Å²) in [4.78, 5) is 54.7. The first-order valence-corrected chi connectivity index (χ1v) is 14.6. The fraction of sp³-hybridized carbons (Fsp3) is 0.176. The number of para-hydroxylation sites is 1. The van der Waals surface area contributed by atoms with Gasteiger partial charge in [0.1, 0.15) is 29.4 Å². The number of methoxy groups -OCH3 is 1. The van der Waals surface area contributed by atoms with Crippen LogP contribution in [0.1, 0.15) is 45.7 Å². The molecule has 0 radical (unpaired) electrons. The molecule has 0 spiro atoms. The highest BCUT2D eigenvalue weighted by Gasteiger charge is 2.29. The Hall–Kier alpha value is -6.11. The van der Waals surface area contributed by atoms with E-state index in [1.54, 1.807) is 13.8 Å². The van der Waals surface area contributed by atoms with Gasteiger partial charge in [-0.2, -0.15) is 4.68 Å². The number of aromatic nitrogens is 4. The fourth-order valence-corrected chi connectivity index (χ4v) is 4.83. The van der Waals surface area contributed by atoms with Gasteiger partial charge in [-0.15, -0.1) is 4.68 Å². The topological polar surface area (TPSA) is 138 Å². The van der Waals surface area contributed by atoms with Gasteiger partial charge >= 0.3 is 17.7 Å². The van der Waals surface area contributed by atoms with Crippen LogP contribution in [0.4, 0.5) is 14.9 Å². The molecule has 0 saturated heterocycles. The molecule has 1 N–H and O–H groups in total. The summed E-state index contributed by atoms with van der Waals surface area (Å²) in [5, 5.41) is 10.2. The molecule has 1 aromatic heterocycles. The van der Waals surface area contributed by atoms with Gasteiger partial charge in [0.05, 0.1) is 12.7 Å². The second kappa shape index (κ2) is 14.3. The molecule has 5 rings (SSSR count).